The number of hydrogen-bond donors (Lipinski definition) is 0. The summed E-state index contributed by atoms with van der Waals surface area (Å²) in [5.41, 5.74) is 1.21. The highest BCUT2D eigenvalue weighted by molar-refractivity contribution is 6.02. The number of benzene rings is 3. The minimum absolute atomic E-state index is 0.0148. The van der Waals surface area contributed by atoms with Gasteiger partial charge >= 0.3 is 0 Å². The van der Waals surface area contributed by atoms with Crippen molar-refractivity contribution in [1.82, 2.24) is 0 Å². The Balaban J connectivity index is 2.54. The van der Waals surface area contributed by atoms with E-state index in [0.717, 1.165) is 0 Å². The van der Waals surface area contributed by atoms with Crippen molar-refractivity contribution in [3.63, 3.8) is 0 Å². The molecule has 3 rings (SSSR count). The summed E-state index contributed by atoms with van der Waals surface area (Å²) < 4.78 is 0. The molecular formula is C18H13. The quantitative estimate of drug-likeness (QED) is 0.419. The van der Waals surface area contributed by atoms with Gasteiger partial charge in [0.15, 0.2) is 0 Å². The zero-order valence-electron chi connectivity index (χ0n) is 10.3. The second-order valence-electron chi connectivity index (χ2n) is 4.60. The molecule has 85 valence electrons. The van der Waals surface area contributed by atoms with Gasteiger partial charge in [-0.1, -0.05) is 54.5 Å². The third-order valence-corrected chi connectivity index (χ3v) is 3.46. The van der Waals surface area contributed by atoms with E-state index in [1.54, 1.807) is 0 Å². The summed E-state index contributed by atoms with van der Waals surface area (Å²) in [4.78, 5) is 0. The van der Waals surface area contributed by atoms with E-state index in [4.69, 9.17) is 6.42 Å². The maximum Gasteiger partial charge on any atom is 0.0446 e. The fourth-order valence-corrected chi connectivity index (χ4v) is 2.59. The molecule has 0 saturated heterocycles. The van der Waals surface area contributed by atoms with Gasteiger partial charge in [0.2, 0.25) is 0 Å². The molecule has 0 aromatic heterocycles. The van der Waals surface area contributed by atoms with Crippen LogP contribution in [0.25, 0.3) is 21.5 Å². The smallest absolute Gasteiger partial charge is 0.0446 e. The lowest BCUT2D eigenvalue weighted by Gasteiger charge is -2.13. The van der Waals surface area contributed by atoms with Crippen molar-refractivity contribution in [2.45, 2.75) is 12.8 Å². The topological polar surface area (TPSA) is 0 Å². The molecule has 0 aliphatic carbocycles. The van der Waals surface area contributed by atoms with Crippen LogP contribution in [0.5, 0.6) is 0 Å². The molecule has 0 heterocycles. The van der Waals surface area contributed by atoms with Gasteiger partial charge in [0, 0.05) is 5.92 Å². The molecule has 0 saturated carbocycles. The van der Waals surface area contributed by atoms with Crippen molar-refractivity contribution in [3.05, 3.63) is 66.6 Å². The normalized spacial score (nSPS) is 12.4. The highest BCUT2D eigenvalue weighted by Gasteiger charge is 2.11. The molecule has 1 unspecified atom stereocenters. The van der Waals surface area contributed by atoms with Gasteiger partial charge in [-0.15, -0.1) is 0 Å². The molecular weight excluding hydrogens is 216 g/mol. The molecule has 3 aromatic rings. The molecule has 0 heteroatoms. The van der Waals surface area contributed by atoms with Crippen LogP contribution in [0.4, 0.5) is 0 Å². The molecule has 0 amide bonds. The molecule has 1 radical (unpaired) electrons. The zero-order chi connectivity index (χ0) is 12.5. The third kappa shape index (κ3) is 1.57. The fourth-order valence-electron chi connectivity index (χ4n) is 2.59. The number of hydrogen-bond acceptors (Lipinski definition) is 0. The maximum atomic E-state index is 7.45. The second-order valence-corrected chi connectivity index (χ2v) is 4.60. The SMILES string of the molecule is [C]#CC(C)c1c2ccccc2cc2ccccc12. The Labute approximate surface area is 107 Å². The Morgan fingerprint density at radius 1 is 0.889 bits per heavy atom. The van der Waals surface area contributed by atoms with Crippen molar-refractivity contribution in [1.29, 1.82) is 0 Å². The first-order valence-corrected chi connectivity index (χ1v) is 6.14. The van der Waals surface area contributed by atoms with E-state index in [1.165, 1.54) is 27.1 Å². The van der Waals surface area contributed by atoms with Gasteiger partial charge in [0.25, 0.3) is 0 Å². The van der Waals surface area contributed by atoms with Crippen molar-refractivity contribution in [2.75, 3.05) is 0 Å². The summed E-state index contributed by atoms with van der Waals surface area (Å²) in [7, 11) is 0. The van der Waals surface area contributed by atoms with E-state index >= 15 is 0 Å². The minimum Gasteiger partial charge on any atom is -0.0811 e. The zero-order valence-corrected chi connectivity index (χ0v) is 10.3. The fraction of sp³-hybridized carbons (Fsp3) is 0.111. The van der Waals surface area contributed by atoms with Gasteiger partial charge in [0.1, 0.15) is 0 Å². The van der Waals surface area contributed by atoms with Gasteiger partial charge in [-0.25, -0.2) is 0 Å². The first kappa shape index (κ1) is 10.9. The lowest BCUT2D eigenvalue weighted by Crippen LogP contribution is -1.93. The molecule has 0 fully saturated rings. The van der Waals surface area contributed by atoms with E-state index in [-0.39, 0.29) is 5.92 Å². The average Bonchev–Trinajstić information content (AvgIpc) is 2.44. The lowest BCUT2D eigenvalue weighted by atomic mass is 9.90. The Hall–Kier alpha value is -2.26. The molecule has 0 bridgehead atoms. The number of fused-ring (bicyclic) bond motifs is 2. The first-order chi connectivity index (χ1) is 8.81. The molecule has 0 nitrogen and oxygen atoms in total. The van der Waals surface area contributed by atoms with Crippen LogP contribution in [-0.2, 0) is 0 Å². The Bertz CT molecular complexity index is 706. The van der Waals surface area contributed by atoms with E-state index in [0.29, 0.717) is 0 Å². The van der Waals surface area contributed by atoms with Crippen LogP contribution in [-0.4, -0.2) is 0 Å². The van der Waals surface area contributed by atoms with E-state index < -0.39 is 0 Å². The Morgan fingerprint density at radius 2 is 1.39 bits per heavy atom. The molecule has 0 N–H and O–H groups in total. The summed E-state index contributed by atoms with van der Waals surface area (Å²) in [6.07, 6.45) is 7.45. The summed E-state index contributed by atoms with van der Waals surface area (Å²) >= 11 is 0. The summed E-state index contributed by atoms with van der Waals surface area (Å²) in [6, 6.07) is 18.9. The van der Waals surface area contributed by atoms with Crippen LogP contribution in [0.3, 0.4) is 0 Å². The molecule has 18 heavy (non-hydrogen) atoms. The van der Waals surface area contributed by atoms with Crippen LogP contribution in [0.2, 0.25) is 0 Å². The van der Waals surface area contributed by atoms with E-state index in [9.17, 15) is 0 Å². The monoisotopic (exact) mass is 229 g/mol. The average molecular weight is 229 g/mol. The minimum atomic E-state index is 0.0148. The van der Waals surface area contributed by atoms with Gasteiger partial charge in [-0.05, 0) is 46.5 Å². The maximum absolute atomic E-state index is 7.45. The first-order valence-electron chi connectivity index (χ1n) is 6.14. The number of rotatable bonds is 1. The van der Waals surface area contributed by atoms with Crippen molar-refractivity contribution in [3.8, 4) is 5.92 Å². The van der Waals surface area contributed by atoms with Crippen molar-refractivity contribution >= 4 is 21.5 Å². The molecule has 0 spiro atoms. The van der Waals surface area contributed by atoms with Crippen LogP contribution in [0.15, 0.2) is 54.6 Å². The third-order valence-electron chi connectivity index (χ3n) is 3.46. The summed E-state index contributed by atoms with van der Waals surface area (Å²) in [5, 5.41) is 4.91. The van der Waals surface area contributed by atoms with E-state index in [1.807, 2.05) is 6.92 Å². The predicted octanol–water partition coefficient (Wildman–Crippen LogP) is 4.69. The molecule has 0 aliphatic rings. The van der Waals surface area contributed by atoms with Crippen molar-refractivity contribution < 1.29 is 0 Å². The summed E-state index contributed by atoms with van der Waals surface area (Å²) in [6.45, 7) is 2.03. The van der Waals surface area contributed by atoms with Gasteiger partial charge in [0.05, 0.1) is 0 Å². The standard InChI is InChI=1S/C18H13/c1-3-13(2)18-16-10-6-4-8-14(16)12-15-9-5-7-11-17(15)18/h4-13H,2H3. The van der Waals surface area contributed by atoms with Gasteiger partial charge in [-0.2, -0.15) is 0 Å². The van der Waals surface area contributed by atoms with Gasteiger partial charge in [-0.3, -0.25) is 0 Å². The van der Waals surface area contributed by atoms with Crippen molar-refractivity contribution in [2.24, 2.45) is 0 Å². The van der Waals surface area contributed by atoms with Crippen LogP contribution in [0, 0.1) is 12.3 Å². The molecule has 3 aromatic carbocycles. The highest BCUT2D eigenvalue weighted by atomic mass is 14.1. The van der Waals surface area contributed by atoms with E-state index in [2.05, 4.69) is 60.5 Å². The second kappa shape index (κ2) is 4.20. The lowest BCUT2D eigenvalue weighted by molar-refractivity contribution is 1.03. The van der Waals surface area contributed by atoms with Crippen LogP contribution >= 0.6 is 0 Å². The predicted molar refractivity (Wildman–Crippen MR) is 77.0 cm³/mol. The highest BCUT2D eigenvalue weighted by Crippen LogP contribution is 2.33. The van der Waals surface area contributed by atoms with Crippen LogP contribution < -0.4 is 0 Å². The van der Waals surface area contributed by atoms with Gasteiger partial charge < -0.3 is 0 Å². The molecule has 0 aliphatic heterocycles. The van der Waals surface area contributed by atoms with Crippen LogP contribution in [0.1, 0.15) is 18.4 Å². The Kier molecular flexibility index (Phi) is 2.54. The summed E-state index contributed by atoms with van der Waals surface area (Å²) in [5.74, 6) is 2.63. The largest absolute Gasteiger partial charge is 0.0811 e. The molecule has 1 atom stereocenters. The Morgan fingerprint density at radius 3 is 1.89 bits per heavy atom.